The second kappa shape index (κ2) is 20.9. The highest BCUT2D eigenvalue weighted by Gasteiger charge is 2.52. The number of carbonyl (C=O) groups is 4. The van der Waals surface area contributed by atoms with Crippen molar-refractivity contribution >= 4 is 106 Å². The van der Waals surface area contributed by atoms with Crippen LogP contribution < -0.4 is 14.9 Å². The van der Waals surface area contributed by atoms with Crippen LogP contribution in [-0.2, 0) is 37.8 Å². The van der Waals surface area contributed by atoms with Crippen LogP contribution in [0.5, 0.6) is 17.2 Å². The summed E-state index contributed by atoms with van der Waals surface area (Å²) in [5, 5.41) is 11.5. The third kappa shape index (κ3) is 11.6. The number of ketones is 2. The summed E-state index contributed by atoms with van der Waals surface area (Å²) >= 11 is 2.65. The molecule has 0 aliphatic carbocycles. The lowest BCUT2D eigenvalue weighted by atomic mass is 9.78. The van der Waals surface area contributed by atoms with Gasteiger partial charge in [-0.3, -0.25) is 19.2 Å². The maximum Gasteiger partial charge on any atom is 0.498 e. The number of fused-ring (bicyclic) bond motifs is 2. The number of Topliss-reactive ketones (excluding diaryl/α,β-unsaturated/α-hetero) is 2. The topological polar surface area (TPSA) is 162 Å². The van der Waals surface area contributed by atoms with E-state index in [2.05, 4.69) is 4.74 Å². The van der Waals surface area contributed by atoms with Gasteiger partial charge >= 0.3 is 19.1 Å². The zero-order chi connectivity index (χ0) is 40.0. The van der Waals surface area contributed by atoms with Gasteiger partial charge in [0.2, 0.25) is 0 Å². The van der Waals surface area contributed by atoms with E-state index >= 15 is 0 Å². The standard InChI is InChI=1S/C22H29BO7S.C16H18O6S.2H2S/c1-13(20(25)27-7)8-16(24)19-10-14-9-15(17(28-12-26-6)11-18(14)31-19)23-29-21(2,3)22(4,5)30-23;1-9(16(19)21-3)4-12(18)15-6-10-5-11(17)13(22-8-20-2)7-14(10)23-15;;/h9-11,13H,8,12H2,1-7H3;5-7,9,17H,4,8H2,1-3H3;2*1H2/t13-;9-;;/m00../s1. The first-order valence-corrected chi connectivity index (χ1v) is 18.7. The molecule has 3 heterocycles. The maximum atomic E-state index is 12.7. The molecular weight excluding hydrogens is 803 g/mol. The summed E-state index contributed by atoms with van der Waals surface area (Å²) in [6.45, 7) is 11.4. The number of phenols is 1. The molecule has 0 spiro atoms. The highest BCUT2D eigenvalue weighted by atomic mass is 32.1. The second-order valence-electron chi connectivity index (χ2n) is 13.8. The summed E-state index contributed by atoms with van der Waals surface area (Å²) in [5.74, 6) is -1.18. The van der Waals surface area contributed by atoms with Gasteiger partial charge < -0.3 is 42.8 Å². The number of phenolic OH excluding ortho intramolecular Hbond substituents is 1. The number of benzene rings is 2. The maximum absolute atomic E-state index is 12.7. The molecule has 1 aliphatic rings. The van der Waals surface area contributed by atoms with Gasteiger partial charge in [-0.1, -0.05) is 19.9 Å². The Labute approximate surface area is 349 Å². The molecule has 0 unspecified atom stereocenters. The van der Waals surface area contributed by atoms with E-state index in [1.165, 1.54) is 50.1 Å². The van der Waals surface area contributed by atoms with Crippen molar-refractivity contribution in [2.24, 2.45) is 11.8 Å². The average Bonchev–Trinajstić information content (AvgIpc) is 3.80. The predicted octanol–water partition coefficient (Wildman–Crippen LogP) is 6.76. The molecule has 2 aromatic carbocycles. The molecule has 18 heteroatoms. The van der Waals surface area contributed by atoms with Crippen LogP contribution in [0.15, 0.2) is 36.4 Å². The Morgan fingerprint density at radius 3 is 1.52 bits per heavy atom. The number of carbonyl (C=O) groups excluding carboxylic acids is 4. The monoisotopic (exact) mass is 854 g/mol. The normalized spacial score (nSPS) is 15.1. The van der Waals surface area contributed by atoms with Gasteiger partial charge in [-0.05, 0) is 62.7 Å². The Morgan fingerprint density at radius 1 is 0.679 bits per heavy atom. The first-order chi connectivity index (χ1) is 25.4. The Kier molecular flexibility index (Phi) is 18.2. The van der Waals surface area contributed by atoms with Gasteiger partial charge in [0.05, 0.1) is 47.0 Å². The van der Waals surface area contributed by atoms with E-state index in [1.54, 1.807) is 33.1 Å². The molecule has 2 aromatic heterocycles. The van der Waals surface area contributed by atoms with Gasteiger partial charge in [0.15, 0.2) is 36.7 Å². The van der Waals surface area contributed by atoms with Crippen LogP contribution in [0.4, 0.5) is 0 Å². The Bertz CT molecular complexity index is 1970. The van der Waals surface area contributed by atoms with E-state index in [-0.39, 0.29) is 70.7 Å². The number of rotatable bonds is 15. The summed E-state index contributed by atoms with van der Waals surface area (Å²) in [6, 6.07) is 10.5. The summed E-state index contributed by atoms with van der Waals surface area (Å²) in [7, 11) is 5.05. The Hall–Kier alpha value is -3.36. The largest absolute Gasteiger partial charge is 0.504 e. The molecule has 13 nitrogen and oxygen atoms in total. The van der Waals surface area contributed by atoms with Crippen LogP contribution in [-0.4, -0.2) is 89.0 Å². The summed E-state index contributed by atoms with van der Waals surface area (Å²) in [4.78, 5) is 49.2. The first-order valence-electron chi connectivity index (χ1n) is 17.1. The zero-order valence-corrected chi connectivity index (χ0v) is 36.8. The van der Waals surface area contributed by atoms with Crippen molar-refractivity contribution in [3.05, 3.63) is 46.2 Å². The minimum absolute atomic E-state index is 0. The molecule has 1 aliphatic heterocycles. The first kappa shape index (κ1) is 48.8. The lowest BCUT2D eigenvalue weighted by molar-refractivity contribution is -0.145. The fourth-order valence-electron chi connectivity index (χ4n) is 5.38. The Morgan fingerprint density at radius 2 is 1.09 bits per heavy atom. The fourth-order valence-corrected chi connectivity index (χ4v) is 7.43. The van der Waals surface area contributed by atoms with E-state index in [1.807, 2.05) is 45.9 Å². The molecule has 1 N–H and O–H groups in total. The molecule has 1 saturated heterocycles. The number of ether oxygens (including phenoxy) is 6. The van der Waals surface area contributed by atoms with E-state index in [9.17, 15) is 24.3 Å². The smallest absolute Gasteiger partial charge is 0.498 e. The van der Waals surface area contributed by atoms with Crippen molar-refractivity contribution in [1.82, 2.24) is 0 Å². The molecule has 0 amide bonds. The summed E-state index contributed by atoms with van der Waals surface area (Å²) in [6.07, 6.45) is 0.176. The SMILES string of the molecule is COCOc1cc2sc(C(=O)C[C@H](C)C(=O)OC)cc2cc1B1OC(C)(C)C(C)(C)O1.COCOc1cc2sc(C(=O)C[C@H](C)C(=O)OC)cc2cc1O.S.S. The molecule has 4 aromatic rings. The van der Waals surface area contributed by atoms with Crippen molar-refractivity contribution < 1.29 is 62.0 Å². The van der Waals surface area contributed by atoms with Crippen LogP contribution in [0, 0.1) is 11.8 Å². The molecular formula is C38H51BO13S4. The minimum atomic E-state index is -0.611. The number of hydrogen-bond donors (Lipinski definition) is 1. The van der Waals surface area contributed by atoms with Crippen molar-refractivity contribution in [3.63, 3.8) is 0 Å². The van der Waals surface area contributed by atoms with E-state index in [0.29, 0.717) is 21.3 Å². The molecule has 0 radical (unpaired) electrons. The quantitative estimate of drug-likeness (QED) is 0.0578. The van der Waals surface area contributed by atoms with Crippen LogP contribution >= 0.6 is 49.7 Å². The van der Waals surface area contributed by atoms with Gasteiger partial charge in [0.1, 0.15) is 5.75 Å². The van der Waals surface area contributed by atoms with E-state index in [0.717, 1.165) is 25.6 Å². The molecule has 0 bridgehead atoms. The fraction of sp³-hybridized carbons (Fsp3) is 0.474. The second-order valence-corrected chi connectivity index (χ2v) is 16.0. The highest BCUT2D eigenvalue weighted by molar-refractivity contribution is 7.59. The number of thiophene rings is 2. The van der Waals surface area contributed by atoms with Gasteiger partial charge in [-0.2, -0.15) is 27.0 Å². The van der Waals surface area contributed by atoms with E-state index in [4.69, 9.17) is 33.0 Å². The van der Waals surface area contributed by atoms with Gasteiger partial charge in [0, 0.05) is 48.0 Å². The summed E-state index contributed by atoms with van der Waals surface area (Å²) in [5.41, 5.74) is -0.251. The van der Waals surface area contributed by atoms with Crippen molar-refractivity contribution in [3.8, 4) is 17.2 Å². The van der Waals surface area contributed by atoms with Crippen molar-refractivity contribution in [1.29, 1.82) is 0 Å². The lowest BCUT2D eigenvalue weighted by Gasteiger charge is -2.32. The van der Waals surface area contributed by atoms with Crippen molar-refractivity contribution in [2.75, 3.05) is 42.0 Å². The van der Waals surface area contributed by atoms with Crippen molar-refractivity contribution in [2.45, 2.75) is 65.6 Å². The Balaban J connectivity index is 0.000000389. The number of methoxy groups -OCH3 is 4. The molecule has 2 atom stereocenters. The molecule has 1 fully saturated rings. The van der Waals surface area contributed by atoms with Crippen LogP contribution in [0.3, 0.4) is 0 Å². The minimum Gasteiger partial charge on any atom is -0.504 e. The van der Waals surface area contributed by atoms with Gasteiger partial charge in [-0.25, -0.2) is 0 Å². The van der Waals surface area contributed by atoms with Crippen LogP contribution in [0.1, 0.15) is 73.7 Å². The average molecular weight is 855 g/mol. The zero-order valence-electron chi connectivity index (χ0n) is 33.2. The number of esters is 2. The van der Waals surface area contributed by atoms with Gasteiger partial charge in [-0.15, -0.1) is 22.7 Å². The highest BCUT2D eigenvalue weighted by Crippen LogP contribution is 2.39. The number of aromatic hydroxyl groups is 1. The van der Waals surface area contributed by atoms with Gasteiger partial charge in [0.25, 0.3) is 0 Å². The molecule has 0 saturated carbocycles. The number of hydrogen-bond acceptors (Lipinski definition) is 15. The van der Waals surface area contributed by atoms with E-state index < -0.39 is 42.1 Å². The molecule has 56 heavy (non-hydrogen) atoms. The molecule has 308 valence electrons. The summed E-state index contributed by atoms with van der Waals surface area (Å²) < 4.78 is 44.4. The molecule has 5 rings (SSSR count). The lowest BCUT2D eigenvalue weighted by Crippen LogP contribution is -2.41. The van der Waals surface area contributed by atoms with Crippen LogP contribution in [0.2, 0.25) is 0 Å². The van der Waals surface area contributed by atoms with Crippen LogP contribution in [0.25, 0.3) is 20.2 Å². The third-order valence-corrected chi connectivity index (χ3v) is 11.4. The third-order valence-electron chi connectivity index (χ3n) is 9.16. The predicted molar refractivity (Wildman–Crippen MR) is 227 cm³/mol.